The van der Waals surface area contributed by atoms with E-state index in [1.165, 1.54) is 10.2 Å². The van der Waals surface area contributed by atoms with Gasteiger partial charge in [-0.3, -0.25) is 4.79 Å². The van der Waals surface area contributed by atoms with Crippen molar-refractivity contribution in [1.82, 2.24) is 14.2 Å². The Bertz CT molecular complexity index is 1320. The van der Waals surface area contributed by atoms with Gasteiger partial charge in [0.05, 0.1) is 17.1 Å². The Kier molecular flexibility index (Phi) is 4.57. The molecule has 0 atom stereocenters. The Labute approximate surface area is 167 Å². The third-order valence-electron chi connectivity index (χ3n) is 4.86. The standard InChI is InChI=1S/C22H20N4OS/c1-14-8-10-18(11-9-14)25-15(2)12-17(16(25)3)13-23-26-21(27)19-6-4-5-7-20(19)24-22(26)28/h4-13H,1-3H3,(H,24,28)/b23-13-. The van der Waals surface area contributed by atoms with Crippen molar-refractivity contribution >= 4 is 29.3 Å². The molecule has 6 heteroatoms. The van der Waals surface area contributed by atoms with Gasteiger partial charge in [-0.2, -0.15) is 9.78 Å². The van der Waals surface area contributed by atoms with Crippen LogP contribution in [-0.2, 0) is 0 Å². The summed E-state index contributed by atoms with van der Waals surface area (Å²) in [5.74, 6) is 0. The van der Waals surface area contributed by atoms with Crippen LogP contribution in [0.15, 0.2) is 64.5 Å². The van der Waals surface area contributed by atoms with Gasteiger partial charge in [-0.05, 0) is 63.3 Å². The van der Waals surface area contributed by atoms with Gasteiger partial charge in [-0.1, -0.05) is 29.8 Å². The second-order valence-electron chi connectivity index (χ2n) is 6.83. The molecule has 0 spiro atoms. The molecule has 0 aliphatic carbocycles. The smallest absolute Gasteiger partial charge is 0.282 e. The topological polar surface area (TPSA) is 55.1 Å². The zero-order chi connectivity index (χ0) is 19.8. The van der Waals surface area contributed by atoms with E-state index in [1.54, 1.807) is 12.3 Å². The van der Waals surface area contributed by atoms with E-state index in [0.717, 1.165) is 22.6 Å². The maximum Gasteiger partial charge on any atom is 0.282 e. The zero-order valence-electron chi connectivity index (χ0n) is 15.9. The minimum absolute atomic E-state index is 0.233. The summed E-state index contributed by atoms with van der Waals surface area (Å²) in [4.78, 5) is 15.8. The number of H-pyrrole nitrogens is 1. The lowest BCUT2D eigenvalue weighted by Crippen LogP contribution is -2.18. The highest BCUT2D eigenvalue weighted by molar-refractivity contribution is 7.71. The Morgan fingerprint density at radius 2 is 1.75 bits per heavy atom. The minimum atomic E-state index is -0.233. The highest BCUT2D eigenvalue weighted by Crippen LogP contribution is 2.20. The largest absolute Gasteiger partial charge is 0.330 e. The Morgan fingerprint density at radius 3 is 2.50 bits per heavy atom. The molecule has 0 saturated carbocycles. The van der Waals surface area contributed by atoms with Gasteiger partial charge in [-0.15, -0.1) is 0 Å². The molecule has 5 nitrogen and oxygen atoms in total. The average molecular weight is 388 g/mol. The molecule has 0 aliphatic rings. The van der Waals surface area contributed by atoms with Crippen molar-refractivity contribution < 1.29 is 0 Å². The average Bonchev–Trinajstić information content (AvgIpc) is 2.96. The van der Waals surface area contributed by atoms with E-state index < -0.39 is 0 Å². The summed E-state index contributed by atoms with van der Waals surface area (Å²) in [6.45, 7) is 6.17. The number of para-hydroxylation sites is 1. The molecule has 2 heterocycles. The number of aryl methyl sites for hydroxylation is 2. The van der Waals surface area contributed by atoms with Gasteiger partial charge in [0.25, 0.3) is 5.56 Å². The van der Waals surface area contributed by atoms with Crippen LogP contribution in [0.25, 0.3) is 16.6 Å². The van der Waals surface area contributed by atoms with E-state index in [1.807, 2.05) is 25.1 Å². The summed E-state index contributed by atoms with van der Waals surface area (Å²) in [5.41, 5.74) is 5.88. The first-order valence-electron chi connectivity index (χ1n) is 9.00. The molecule has 4 rings (SSSR count). The van der Waals surface area contributed by atoms with Gasteiger partial charge in [-0.25, -0.2) is 0 Å². The van der Waals surface area contributed by atoms with E-state index in [2.05, 4.69) is 58.8 Å². The van der Waals surface area contributed by atoms with Crippen molar-refractivity contribution in [3.05, 3.63) is 92.2 Å². The van der Waals surface area contributed by atoms with Crippen molar-refractivity contribution in [2.24, 2.45) is 5.10 Å². The summed E-state index contributed by atoms with van der Waals surface area (Å²) in [6, 6.07) is 17.7. The predicted molar refractivity (Wildman–Crippen MR) is 116 cm³/mol. The Balaban J connectivity index is 1.79. The third-order valence-corrected chi connectivity index (χ3v) is 5.13. The monoisotopic (exact) mass is 388 g/mol. The zero-order valence-corrected chi connectivity index (χ0v) is 16.7. The van der Waals surface area contributed by atoms with Gasteiger partial charge >= 0.3 is 0 Å². The molecule has 0 aliphatic heterocycles. The number of rotatable bonds is 3. The van der Waals surface area contributed by atoms with E-state index in [-0.39, 0.29) is 10.3 Å². The second kappa shape index (κ2) is 7.05. The molecule has 0 fully saturated rings. The fourth-order valence-corrected chi connectivity index (χ4v) is 3.63. The quantitative estimate of drug-likeness (QED) is 0.410. The molecule has 0 unspecified atom stereocenters. The van der Waals surface area contributed by atoms with Crippen LogP contribution in [0.5, 0.6) is 0 Å². The number of hydrogen-bond donors (Lipinski definition) is 1. The van der Waals surface area contributed by atoms with E-state index in [4.69, 9.17) is 12.2 Å². The van der Waals surface area contributed by atoms with Crippen LogP contribution in [-0.4, -0.2) is 20.4 Å². The van der Waals surface area contributed by atoms with Crippen LogP contribution in [0.4, 0.5) is 0 Å². The van der Waals surface area contributed by atoms with E-state index >= 15 is 0 Å². The molecule has 0 radical (unpaired) electrons. The molecule has 2 aromatic carbocycles. The van der Waals surface area contributed by atoms with Crippen molar-refractivity contribution in [3.8, 4) is 5.69 Å². The number of aromatic nitrogens is 3. The normalized spacial score (nSPS) is 11.5. The lowest BCUT2D eigenvalue weighted by Gasteiger charge is -2.09. The number of nitrogens with zero attached hydrogens (tertiary/aromatic N) is 3. The lowest BCUT2D eigenvalue weighted by molar-refractivity contribution is 0.799. The molecule has 0 amide bonds. The molecule has 0 saturated heterocycles. The summed E-state index contributed by atoms with van der Waals surface area (Å²) < 4.78 is 3.67. The maximum absolute atomic E-state index is 12.7. The number of hydrogen-bond acceptors (Lipinski definition) is 3. The first-order valence-corrected chi connectivity index (χ1v) is 9.41. The first kappa shape index (κ1) is 18.1. The molecular weight excluding hydrogens is 368 g/mol. The molecular formula is C22H20N4OS. The van der Waals surface area contributed by atoms with Crippen molar-refractivity contribution in [2.45, 2.75) is 20.8 Å². The summed E-state index contributed by atoms with van der Waals surface area (Å²) in [5, 5.41) is 4.93. The summed E-state index contributed by atoms with van der Waals surface area (Å²) >= 11 is 5.32. The highest BCUT2D eigenvalue weighted by atomic mass is 32.1. The van der Waals surface area contributed by atoms with Crippen LogP contribution in [0.2, 0.25) is 0 Å². The van der Waals surface area contributed by atoms with Crippen LogP contribution in [0.1, 0.15) is 22.5 Å². The number of fused-ring (bicyclic) bond motifs is 1. The van der Waals surface area contributed by atoms with Crippen LogP contribution >= 0.6 is 12.2 Å². The van der Waals surface area contributed by atoms with Gasteiger partial charge in [0.15, 0.2) is 0 Å². The lowest BCUT2D eigenvalue weighted by atomic mass is 10.2. The van der Waals surface area contributed by atoms with Gasteiger partial charge in [0.2, 0.25) is 4.77 Å². The molecule has 2 aromatic heterocycles. The number of nitrogens with one attached hydrogen (secondary N) is 1. The van der Waals surface area contributed by atoms with Crippen LogP contribution in [0, 0.1) is 25.5 Å². The number of benzene rings is 2. The molecule has 28 heavy (non-hydrogen) atoms. The fraction of sp³-hybridized carbons (Fsp3) is 0.136. The highest BCUT2D eigenvalue weighted by Gasteiger charge is 2.10. The van der Waals surface area contributed by atoms with Crippen molar-refractivity contribution in [2.75, 3.05) is 0 Å². The van der Waals surface area contributed by atoms with Crippen LogP contribution in [0.3, 0.4) is 0 Å². The second-order valence-corrected chi connectivity index (χ2v) is 7.22. The van der Waals surface area contributed by atoms with E-state index in [0.29, 0.717) is 10.9 Å². The van der Waals surface area contributed by atoms with Crippen LogP contribution < -0.4 is 5.56 Å². The SMILES string of the molecule is Cc1ccc(-n2c(C)cc(/C=N\n3c(=S)[nH]c4ccccc4c3=O)c2C)cc1. The van der Waals surface area contributed by atoms with Crippen molar-refractivity contribution in [3.63, 3.8) is 0 Å². The van der Waals surface area contributed by atoms with Gasteiger partial charge in [0, 0.05) is 22.6 Å². The Morgan fingerprint density at radius 1 is 1.04 bits per heavy atom. The molecule has 1 N–H and O–H groups in total. The summed E-state index contributed by atoms with van der Waals surface area (Å²) in [6.07, 6.45) is 1.69. The third kappa shape index (κ3) is 3.12. The minimum Gasteiger partial charge on any atom is -0.330 e. The molecule has 4 aromatic rings. The molecule has 0 bridgehead atoms. The Hall–Kier alpha value is -3.25. The molecule has 140 valence electrons. The fourth-order valence-electron chi connectivity index (χ4n) is 3.39. The van der Waals surface area contributed by atoms with Crippen molar-refractivity contribution in [1.29, 1.82) is 0 Å². The summed E-state index contributed by atoms with van der Waals surface area (Å²) in [7, 11) is 0. The van der Waals surface area contributed by atoms with Gasteiger partial charge < -0.3 is 9.55 Å². The first-order chi connectivity index (χ1) is 13.5. The number of aromatic amines is 1. The van der Waals surface area contributed by atoms with Gasteiger partial charge in [0.1, 0.15) is 0 Å². The maximum atomic E-state index is 12.7. The van der Waals surface area contributed by atoms with E-state index in [9.17, 15) is 4.79 Å². The predicted octanol–water partition coefficient (Wildman–Crippen LogP) is 4.66.